The summed E-state index contributed by atoms with van der Waals surface area (Å²) in [4.78, 5) is 12.5. The predicted octanol–water partition coefficient (Wildman–Crippen LogP) is 3.57. The molecule has 3 aromatic rings. The lowest BCUT2D eigenvalue weighted by Crippen LogP contribution is -2.39. The van der Waals surface area contributed by atoms with Gasteiger partial charge < -0.3 is 9.47 Å². The van der Waals surface area contributed by atoms with Gasteiger partial charge in [-0.2, -0.15) is 9.41 Å². The normalized spacial score (nSPS) is 11.5. The van der Waals surface area contributed by atoms with Gasteiger partial charge in [0.25, 0.3) is 5.91 Å². The molecule has 0 saturated carbocycles. The van der Waals surface area contributed by atoms with E-state index in [1.807, 2.05) is 6.92 Å². The van der Waals surface area contributed by atoms with E-state index in [9.17, 15) is 17.6 Å². The summed E-state index contributed by atoms with van der Waals surface area (Å²) in [5.41, 5.74) is 3.68. The summed E-state index contributed by atoms with van der Waals surface area (Å²) in [6.07, 6.45) is 1.41. The van der Waals surface area contributed by atoms with E-state index >= 15 is 0 Å². The van der Waals surface area contributed by atoms with Crippen molar-refractivity contribution in [1.29, 1.82) is 0 Å². The largest absolute Gasteiger partial charge is 0.493 e. The van der Waals surface area contributed by atoms with E-state index in [4.69, 9.17) is 9.47 Å². The van der Waals surface area contributed by atoms with Crippen molar-refractivity contribution in [3.8, 4) is 11.5 Å². The van der Waals surface area contributed by atoms with Crippen molar-refractivity contribution in [3.63, 3.8) is 0 Å². The molecule has 0 saturated heterocycles. The number of carbonyl (C=O) groups is 1. The zero-order chi connectivity index (χ0) is 25.3. The number of amides is 1. The van der Waals surface area contributed by atoms with Gasteiger partial charge in [0.15, 0.2) is 11.5 Å². The molecule has 0 bridgehead atoms. The van der Waals surface area contributed by atoms with E-state index < -0.39 is 28.3 Å². The minimum absolute atomic E-state index is 0.0478. The van der Waals surface area contributed by atoms with E-state index in [2.05, 4.69) is 10.5 Å². The first-order valence-corrected chi connectivity index (χ1v) is 12.2. The van der Waals surface area contributed by atoms with Crippen LogP contribution in [0.25, 0.3) is 0 Å². The lowest BCUT2D eigenvalue weighted by molar-refractivity contribution is -0.121. The molecule has 0 spiro atoms. The van der Waals surface area contributed by atoms with Gasteiger partial charge in [-0.05, 0) is 60.5 Å². The van der Waals surface area contributed by atoms with Gasteiger partial charge in [-0.25, -0.2) is 18.2 Å². The van der Waals surface area contributed by atoms with Crippen LogP contribution in [0.2, 0.25) is 0 Å². The number of hydrogen-bond acceptors (Lipinski definition) is 6. The van der Waals surface area contributed by atoms with Gasteiger partial charge in [-0.3, -0.25) is 4.79 Å². The zero-order valence-electron chi connectivity index (χ0n) is 19.3. The molecular weight excluding hydrogens is 473 g/mol. The summed E-state index contributed by atoms with van der Waals surface area (Å²) in [6.45, 7) is 1.81. The number of halogens is 1. The molecule has 3 rings (SSSR count). The number of hydrazone groups is 1. The van der Waals surface area contributed by atoms with Crippen LogP contribution in [0.4, 0.5) is 4.39 Å². The summed E-state index contributed by atoms with van der Waals surface area (Å²) >= 11 is 0. The topological polar surface area (TPSA) is 97.3 Å². The first-order chi connectivity index (χ1) is 16.8. The standard InChI is InChI=1S/C25H26FN3O5S/c1-3-34-23-14-9-20(15-24(23)33-2)16-27-28-25(30)18-29(17-19-7-5-4-6-8-19)35(31,32)22-12-10-21(26)11-13-22/h4-16H,3,17-18H2,1-2H3,(H,28,30)/b27-16-. The third-order valence-electron chi connectivity index (χ3n) is 4.86. The van der Waals surface area contributed by atoms with Crippen molar-refractivity contribution >= 4 is 22.1 Å². The number of methoxy groups -OCH3 is 1. The second-order valence-corrected chi connectivity index (χ2v) is 9.29. The average molecular weight is 500 g/mol. The average Bonchev–Trinajstić information content (AvgIpc) is 2.85. The van der Waals surface area contributed by atoms with Gasteiger partial charge in [0.1, 0.15) is 5.82 Å². The highest BCUT2D eigenvalue weighted by molar-refractivity contribution is 7.89. The third-order valence-corrected chi connectivity index (χ3v) is 6.67. The summed E-state index contributed by atoms with van der Waals surface area (Å²) < 4.78 is 51.5. The van der Waals surface area contributed by atoms with E-state index in [1.54, 1.807) is 48.5 Å². The maximum absolute atomic E-state index is 13.3. The van der Waals surface area contributed by atoms with Gasteiger partial charge in [-0.1, -0.05) is 30.3 Å². The Labute approximate surface area is 204 Å². The van der Waals surface area contributed by atoms with E-state index in [0.29, 0.717) is 29.2 Å². The number of hydrogen-bond donors (Lipinski definition) is 1. The van der Waals surface area contributed by atoms with Crippen molar-refractivity contribution in [2.75, 3.05) is 20.3 Å². The fraction of sp³-hybridized carbons (Fsp3) is 0.200. The van der Waals surface area contributed by atoms with Gasteiger partial charge >= 0.3 is 0 Å². The van der Waals surface area contributed by atoms with Crippen molar-refractivity contribution in [2.24, 2.45) is 5.10 Å². The zero-order valence-corrected chi connectivity index (χ0v) is 20.2. The molecule has 1 N–H and O–H groups in total. The lowest BCUT2D eigenvalue weighted by Gasteiger charge is -2.21. The maximum atomic E-state index is 13.3. The number of carbonyl (C=O) groups excluding carboxylic acids is 1. The Morgan fingerprint density at radius 2 is 1.77 bits per heavy atom. The van der Waals surface area contributed by atoms with Crippen LogP contribution in [-0.4, -0.2) is 45.1 Å². The number of ether oxygens (including phenoxy) is 2. The molecule has 0 unspecified atom stereocenters. The molecule has 0 aliphatic carbocycles. The van der Waals surface area contributed by atoms with Gasteiger partial charge in [0, 0.05) is 6.54 Å². The summed E-state index contributed by atoms with van der Waals surface area (Å²) in [7, 11) is -2.57. The fourth-order valence-corrected chi connectivity index (χ4v) is 4.57. The molecular formula is C25H26FN3O5S. The molecule has 0 atom stereocenters. The van der Waals surface area contributed by atoms with Crippen LogP contribution in [0, 0.1) is 5.82 Å². The van der Waals surface area contributed by atoms with E-state index in [1.165, 1.54) is 13.3 Å². The number of nitrogens with zero attached hydrogens (tertiary/aromatic N) is 2. The Morgan fingerprint density at radius 1 is 1.06 bits per heavy atom. The predicted molar refractivity (Wildman–Crippen MR) is 130 cm³/mol. The molecule has 0 aliphatic rings. The molecule has 0 aromatic heterocycles. The minimum Gasteiger partial charge on any atom is -0.493 e. The molecule has 35 heavy (non-hydrogen) atoms. The van der Waals surface area contributed by atoms with Crippen molar-refractivity contribution in [3.05, 3.63) is 89.7 Å². The maximum Gasteiger partial charge on any atom is 0.255 e. The quantitative estimate of drug-likeness (QED) is 0.321. The molecule has 8 nitrogen and oxygen atoms in total. The summed E-state index contributed by atoms with van der Waals surface area (Å²) in [6, 6.07) is 18.5. The molecule has 184 valence electrons. The molecule has 10 heteroatoms. The Balaban J connectivity index is 1.74. The molecule has 3 aromatic carbocycles. The van der Waals surface area contributed by atoms with Crippen LogP contribution in [0.15, 0.2) is 82.8 Å². The van der Waals surface area contributed by atoms with Crippen molar-refractivity contribution in [1.82, 2.24) is 9.73 Å². The summed E-state index contributed by atoms with van der Waals surface area (Å²) in [5, 5.41) is 3.93. The number of rotatable bonds is 11. The van der Waals surface area contributed by atoms with Crippen LogP contribution in [-0.2, 0) is 21.4 Å². The van der Waals surface area contributed by atoms with Crippen LogP contribution in [0.5, 0.6) is 11.5 Å². The highest BCUT2D eigenvalue weighted by Crippen LogP contribution is 2.27. The first-order valence-electron chi connectivity index (χ1n) is 10.8. The van der Waals surface area contributed by atoms with Crippen molar-refractivity contribution in [2.45, 2.75) is 18.4 Å². The lowest BCUT2D eigenvalue weighted by atomic mass is 10.2. The Bertz CT molecular complexity index is 1270. The Kier molecular flexibility index (Phi) is 8.93. The first kappa shape index (κ1) is 25.9. The minimum atomic E-state index is -4.08. The van der Waals surface area contributed by atoms with Gasteiger partial charge in [0.05, 0.1) is 31.4 Å². The fourth-order valence-electron chi connectivity index (χ4n) is 3.18. The van der Waals surface area contributed by atoms with Crippen LogP contribution >= 0.6 is 0 Å². The van der Waals surface area contributed by atoms with Crippen LogP contribution < -0.4 is 14.9 Å². The smallest absolute Gasteiger partial charge is 0.255 e. The van der Waals surface area contributed by atoms with Crippen molar-refractivity contribution < 1.29 is 27.1 Å². The monoisotopic (exact) mass is 499 g/mol. The highest BCUT2D eigenvalue weighted by Gasteiger charge is 2.27. The second kappa shape index (κ2) is 12.1. The second-order valence-electron chi connectivity index (χ2n) is 7.35. The van der Waals surface area contributed by atoms with Crippen LogP contribution in [0.1, 0.15) is 18.1 Å². The van der Waals surface area contributed by atoms with E-state index in [0.717, 1.165) is 28.6 Å². The summed E-state index contributed by atoms with van der Waals surface area (Å²) in [5.74, 6) is -0.0994. The van der Waals surface area contributed by atoms with Gasteiger partial charge in [0.2, 0.25) is 10.0 Å². The molecule has 1 amide bonds. The SMILES string of the molecule is CCOc1ccc(/C=N\NC(=O)CN(Cc2ccccc2)S(=O)(=O)c2ccc(F)cc2)cc1OC. The van der Waals surface area contributed by atoms with E-state index in [-0.39, 0.29) is 11.4 Å². The molecule has 0 radical (unpaired) electrons. The molecule has 0 aliphatic heterocycles. The van der Waals surface area contributed by atoms with Gasteiger partial charge in [-0.15, -0.1) is 0 Å². The number of benzene rings is 3. The molecule has 0 fully saturated rings. The van der Waals surface area contributed by atoms with Crippen LogP contribution in [0.3, 0.4) is 0 Å². The molecule has 0 heterocycles. The number of sulfonamides is 1. The number of nitrogens with one attached hydrogen (secondary N) is 1. The third kappa shape index (κ3) is 7.11. The Morgan fingerprint density at radius 3 is 2.43 bits per heavy atom. The highest BCUT2D eigenvalue weighted by atomic mass is 32.2. The Hall–Kier alpha value is -3.76.